The van der Waals surface area contributed by atoms with Crippen LogP contribution in [0.4, 0.5) is 5.69 Å². The molecule has 0 aliphatic carbocycles. The van der Waals surface area contributed by atoms with E-state index in [1.165, 1.54) is 0 Å². The van der Waals surface area contributed by atoms with Crippen molar-refractivity contribution < 1.29 is 0 Å². The van der Waals surface area contributed by atoms with Gasteiger partial charge in [0.2, 0.25) is 0 Å². The van der Waals surface area contributed by atoms with Gasteiger partial charge in [-0.1, -0.05) is 0 Å². The summed E-state index contributed by atoms with van der Waals surface area (Å²) in [6.07, 6.45) is 0. The Labute approximate surface area is 120 Å². The molecule has 0 aromatic heterocycles. The second kappa shape index (κ2) is 6.07. The molecule has 0 aliphatic rings. The fourth-order valence-electron chi connectivity index (χ4n) is 0.699. The predicted octanol–water partition coefficient (Wildman–Crippen LogP) is 4.60. The van der Waals surface area contributed by atoms with Crippen molar-refractivity contribution in [1.29, 1.82) is 0 Å². The third-order valence-corrected chi connectivity index (χ3v) is 5.19. The smallest absolute Gasteiger partial charge is 0.0783 e. The first-order valence-corrected chi connectivity index (χ1v) is 6.04. The maximum Gasteiger partial charge on any atom is 0.0783 e. The number of rotatable bonds is 1. The molecule has 0 saturated carbocycles. The summed E-state index contributed by atoms with van der Waals surface area (Å²) in [6, 6.07) is 1.91. The zero-order chi connectivity index (χ0) is 9.30. The van der Waals surface area contributed by atoms with Crippen LogP contribution < -0.4 is 11.3 Å². The van der Waals surface area contributed by atoms with Crippen LogP contribution in [0, 0.1) is 0 Å². The quantitative estimate of drug-likeness (QED) is 0.254. The zero-order valence-corrected chi connectivity index (χ0v) is 14.1. The Morgan fingerprint density at radius 1 is 1.00 bits per heavy atom. The molecule has 0 aliphatic heterocycles. The minimum Gasteiger partial charge on any atom is -0.322 e. The highest BCUT2D eigenvalue weighted by Crippen LogP contribution is 2.40. The van der Waals surface area contributed by atoms with Crippen molar-refractivity contribution in [1.82, 2.24) is 0 Å². The number of anilines is 1. The van der Waals surface area contributed by atoms with E-state index in [9.17, 15) is 0 Å². The lowest BCUT2D eigenvalue weighted by molar-refractivity contribution is 1.31. The average Bonchev–Trinajstić information content (AvgIpc) is 2.01. The number of hydrogen-bond acceptors (Lipinski definition) is 2. The van der Waals surface area contributed by atoms with Crippen LogP contribution in [0.2, 0.25) is 0 Å². The van der Waals surface area contributed by atoms with Crippen LogP contribution in [0.3, 0.4) is 0 Å². The molecule has 1 aromatic carbocycles. The molecule has 1 rings (SSSR count). The lowest BCUT2D eigenvalue weighted by Gasteiger charge is -2.09. The van der Waals surface area contributed by atoms with E-state index < -0.39 is 0 Å². The topological polar surface area (TPSA) is 38.0 Å². The number of hydrazine groups is 1. The normalized spacial score (nSPS) is 9.31. The lowest BCUT2D eigenvalue weighted by atomic mass is 10.3. The van der Waals surface area contributed by atoms with Crippen molar-refractivity contribution in [3.8, 4) is 0 Å². The van der Waals surface area contributed by atoms with Gasteiger partial charge in [0.15, 0.2) is 0 Å². The SMILES string of the molecule is Br.NNc1c(Br)cc(Br)c(Br)c1Br. The predicted molar refractivity (Wildman–Crippen MR) is 75.4 cm³/mol. The standard InChI is InChI=1S/C6H4Br4N2.BrH/c7-2-1-3(8)6(12-11)5(10)4(2)9;/h1,12H,11H2;1H. The molecule has 0 unspecified atom stereocenters. The number of benzene rings is 1. The molecule has 0 bridgehead atoms. The molecule has 13 heavy (non-hydrogen) atoms. The van der Waals surface area contributed by atoms with Gasteiger partial charge in [-0.15, -0.1) is 17.0 Å². The first kappa shape index (κ1) is 14.4. The van der Waals surface area contributed by atoms with Crippen molar-refractivity contribution in [2.45, 2.75) is 0 Å². The monoisotopic (exact) mass is 500 g/mol. The highest BCUT2D eigenvalue weighted by Gasteiger charge is 2.10. The Hall–Kier alpha value is 1.38. The maximum atomic E-state index is 5.32. The third kappa shape index (κ3) is 3.17. The fourth-order valence-corrected chi connectivity index (χ4v) is 3.36. The molecule has 0 atom stereocenters. The van der Waals surface area contributed by atoms with E-state index in [0.717, 1.165) is 23.6 Å². The van der Waals surface area contributed by atoms with Gasteiger partial charge in [-0.05, 0) is 69.8 Å². The van der Waals surface area contributed by atoms with E-state index in [1.807, 2.05) is 6.07 Å². The summed E-state index contributed by atoms with van der Waals surface area (Å²) in [4.78, 5) is 0. The summed E-state index contributed by atoms with van der Waals surface area (Å²) in [6.45, 7) is 0. The molecule has 0 radical (unpaired) electrons. The Balaban J connectivity index is 0.00000144. The van der Waals surface area contributed by atoms with Gasteiger partial charge in [0.05, 0.1) is 10.2 Å². The number of nitrogens with one attached hydrogen (secondary N) is 1. The molecule has 0 spiro atoms. The maximum absolute atomic E-state index is 5.32. The van der Waals surface area contributed by atoms with Crippen molar-refractivity contribution in [2.24, 2.45) is 5.84 Å². The molecular weight excluding hydrogens is 500 g/mol. The van der Waals surface area contributed by atoms with E-state index in [1.54, 1.807) is 0 Å². The van der Waals surface area contributed by atoms with E-state index in [4.69, 9.17) is 5.84 Å². The van der Waals surface area contributed by atoms with Crippen LogP contribution in [0.25, 0.3) is 0 Å². The number of nitrogen functional groups attached to an aromatic ring is 1. The average molecular weight is 505 g/mol. The molecular formula is C6H5Br5N2. The van der Waals surface area contributed by atoms with Crippen molar-refractivity contribution in [3.05, 3.63) is 24.0 Å². The van der Waals surface area contributed by atoms with Crippen molar-refractivity contribution in [2.75, 3.05) is 5.43 Å². The van der Waals surface area contributed by atoms with Crippen molar-refractivity contribution >= 4 is 86.4 Å². The fraction of sp³-hybridized carbons (Fsp3) is 0. The molecule has 0 amide bonds. The Bertz CT molecular complexity index is 314. The van der Waals surface area contributed by atoms with Crippen LogP contribution in [0.1, 0.15) is 0 Å². The largest absolute Gasteiger partial charge is 0.322 e. The van der Waals surface area contributed by atoms with Gasteiger partial charge in [0, 0.05) is 13.4 Å². The lowest BCUT2D eigenvalue weighted by Crippen LogP contribution is -2.08. The second-order valence-electron chi connectivity index (χ2n) is 1.99. The number of hydrogen-bond donors (Lipinski definition) is 2. The van der Waals surface area contributed by atoms with Gasteiger partial charge >= 0.3 is 0 Å². The van der Waals surface area contributed by atoms with Gasteiger partial charge in [0.25, 0.3) is 0 Å². The minimum atomic E-state index is 0. The Kier molecular flexibility index (Phi) is 6.71. The van der Waals surface area contributed by atoms with Crippen LogP contribution in [0.15, 0.2) is 24.0 Å². The van der Waals surface area contributed by atoms with Crippen LogP contribution >= 0.6 is 80.7 Å². The Morgan fingerprint density at radius 3 is 2.00 bits per heavy atom. The molecule has 74 valence electrons. The van der Waals surface area contributed by atoms with Crippen LogP contribution in [-0.2, 0) is 0 Å². The summed E-state index contributed by atoms with van der Waals surface area (Å²) < 4.78 is 3.66. The highest BCUT2D eigenvalue weighted by molar-refractivity contribution is 9.14. The molecule has 3 N–H and O–H groups in total. The minimum absolute atomic E-state index is 0. The molecule has 1 aromatic rings. The molecule has 0 fully saturated rings. The molecule has 2 nitrogen and oxygen atoms in total. The summed E-state index contributed by atoms with van der Waals surface area (Å²) in [5.41, 5.74) is 3.40. The summed E-state index contributed by atoms with van der Waals surface area (Å²) >= 11 is 13.5. The summed E-state index contributed by atoms with van der Waals surface area (Å²) in [5.74, 6) is 5.32. The van der Waals surface area contributed by atoms with E-state index in [-0.39, 0.29) is 17.0 Å². The van der Waals surface area contributed by atoms with Crippen LogP contribution in [0.5, 0.6) is 0 Å². The first-order chi connectivity index (χ1) is 5.57. The third-order valence-electron chi connectivity index (χ3n) is 1.26. The van der Waals surface area contributed by atoms with E-state index in [0.29, 0.717) is 0 Å². The van der Waals surface area contributed by atoms with Gasteiger partial charge in [-0.3, -0.25) is 5.84 Å². The molecule has 0 saturated heterocycles. The number of nitrogens with two attached hydrogens (primary N) is 1. The summed E-state index contributed by atoms with van der Waals surface area (Å²) in [7, 11) is 0. The first-order valence-electron chi connectivity index (χ1n) is 2.87. The van der Waals surface area contributed by atoms with Crippen molar-refractivity contribution in [3.63, 3.8) is 0 Å². The van der Waals surface area contributed by atoms with Crippen LogP contribution in [-0.4, -0.2) is 0 Å². The number of halogens is 5. The summed E-state index contributed by atoms with van der Waals surface area (Å²) in [5, 5.41) is 0. The molecule has 7 heteroatoms. The Morgan fingerprint density at radius 2 is 1.54 bits per heavy atom. The van der Waals surface area contributed by atoms with Gasteiger partial charge in [-0.25, -0.2) is 0 Å². The van der Waals surface area contributed by atoms with Gasteiger partial charge < -0.3 is 5.43 Å². The molecule has 0 heterocycles. The second-order valence-corrected chi connectivity index (χ2v) is 5.28. The van der Waals surface area contributed by atoms with E-state index >= 15 is 0 Å². The van der Waals surface area contributed by atoms with E-state index in [2.05, 4.69) is 69.1 Å². The van der Waals surface area contributed by atoms with Gasteiger partial charge in [0.1, 0.15) is 0 Å². The highest BCUT2D eigenvalue weighted by atomic mass is 79.9. The zero-order valence-electron chi connectivity index (χ0n) is 6.07. The van der Waals surface area contributed by atoms with Gasteiger partial charge in [-0.2, -0.15) is 0 Å².